The second-order valence-corrected chi connectivity index (χ2v) is 6.90. The maximum Gasteiger partial charge on any atom is 0.338 e. The zero-order valence-electron chi connectivity index (χ0n) is 16.0. The number of rotatable bonds is 5. The van der Waals surface area contributed by atoms with Crippen molar-refractivity contribution in [2.75, 3.05) is 20.8 Å². The van der Waals surface area contributed by atoms with Gasteiger partial charge in [0.2, 0.25) is 0 Å². The van der Waals surface area contributed by atoms with Gasteiger partial charge in [-0.25, -0.2) is 9.79 Å². The normalized spacial score (nSPS) is 18.5. The standard InChI is InChI=1S/C19H20N4O4S/c1-5-27-18(24)15-10(2)22-19-23(17(21)14(9-20)28-19)16(15)12-8-11(25-3)6-7-13(12)26-4/h6-8,16H,5,21H2,1-4H3/t16-/m1/s1. The smallest absolute Gasteiger partial charge is 0.338 e. The predicted octanol–water partition coefficient (Wildman–Crippen LogP) is 2.65. The van der Waals surface area contributed by atoms with Crippen molar-refractivity contribution in [1.82, 2.24) is 4.90 Å². The van der Waals surface area contributed by atoms with Crippen molar-refractivity contribution in [2.24, 2.45) is 10.7 Å². The van der Waals surface area contributed by atoms with Crippen molar-refractivity contribution >= 4 is 22.9 Å². The van der Waals surface area contributed by atoms with Gasteiger partial charge in [-0.15, -0.1) is 0 Å². The first-order valence-electron chi connectivity index (χ1n) is 8.52. The van der Waals surface area contributed by atoms with Gasteiger partial charge in [0.25, 0.3) is 0 Å². The molecule has 8 nitrogen and oxygen atoms in total. The number of thioether (sulfide) groups is 1. The van der Waals surface area contributed by atoms with Crippen LogP contribution in [-0.2, 0) is 9.53 Å². The lowest BCUT2D eigenvalue weighted by Gasteiger charge is -2.35. The minimum Gasteiger partial charge on any atom is -0.497 e. The molecule has 9 heteroatoms. The number of methoxy groups -OCH3 is 2. The number of ether oxygens (including phenoxy) is 3. The molecule has 2 aliphatic rings. The summed E-state index contributed by atoms with van der Waals surface area (Å²) in [6, 6.07) is 6.71. The number of benzene rings is 1. The van der Waals surface area contributed by atoms with E-state index in [4.69, 9.17) is 19.9 Å². The van der Waals surface area contributed by atoms with E-state index >= 15 is 0 Å². The van der Waals surface area contributed by atoms with Crippen LogP contribution in [0.25, 0.3) is 0 Å². The number of hydrogen-bond acceptors (Lipinski definition) is 9. The van der Waals surface area contributed by atoms with Crippen molar-refractivity contribution in [3.8, 4) is 17.6 Å². The topological polar surface area (TPSA) is 110 Å². The number of nitrogens with two attached hydrogens (primary N) is 1. The summed E-state index contributed by atoms with van der Waals surface area (Å²) in [6.07, 6.45) is 0. The Morgan fingerprint density at radius 2 is 2.14 bits per heavy atom. The highest BCUT2D eigenvalue weighted by atomic mass is 32.2. The molecule has 1 aromatic rings. The molecule has 1 atom stereocenters. The van der Waals surface area contributed by atoms with Crippen LogP contribution in [0.4, 0.5) is 0 Å². The molecule has 0 saturated carbocycles. The molecule has 0 aliphatic carbocycles. The summed E-state index contributed by atoms with van der Waals surface area (Å²) in [5.41, 5.74) is 7.73. The lowest BCUT2D eigenvalue weighted by Crippen LogP contribution is -2.39. The van der Waals surface area contributed by atoms with Crippen molar-refractivity contribution in [3.05, 3.63) is 45.8 Å². The third-order valence-corrected chi connectivity index (χ3v) is 5.38. The maximum absolute atomic E-state index is 12.8. The number of allylic oxidation sites excluding steroid dienone is 2. The first-order valence-corrected chi connectivity index (χ1v) is 9.33. The molecule has 0 saturated heterocycles. The van der Waals surface area contributed by atoms with E-state index in [-0.39, 0.29) is 12.4 Å². The van der Waals surface area contributed by atoms with Crippen LogP contribution in [-0.4, -0.2) is 36.9 Å². The van der Waals surface area contributed by atoms with Gasteiger partial charge in [0.05, 0.1) is 32.1 Å². The lowest BCUT2D eigenvalue weighted by atomic mass is 9.93. The highest BCUT2D eigenvalue weighted by molar-refractivity contribution is 8.17. The molecule has 2 aliphatic heterocycles. The van der Waals surface area contributed by atoms with Gasteiger partial charge in [0, 0.05) is 5.56 Å². The third kappa shape index (κ3) is 3.16. The van der Waals surface area contributed by atoms with E-state index in [1.807, 2.05) is 0 Å². The number of aliphatic imine (C=N–C) groups is 1. The Kier molecular flexibility index (Phi) is 5.51. The second kappa shape index (κ2) is 7.86. The van der Waals surface area contributed by atoms with Crippen LogP contribution in [0.5, 0.6) is 11.5 Å². The first-order chi connectivity index (χ1) is 13.5. The SMILES string of the molecule is CCOC(=O)C1=C(C)N=C2SC(C#N)=C(N)N2[C@@H]1c1cc(OC)ccc1OC. The van der Waals surface area contributed by atoms with Crippen LogP contribution in [0.1, 0.15) is 25.5 Å². The molecule has 0 spiro atoms. The van der Waals surface area contributed by atoms with Gasteiger partial charge in [0.15, 0.2) is 5.17 Å². The van der Waals surface area contributed by atoms with Crippen LogP contribution in [0.15, 0.2) is 45.2 Å². The monoisotopic (exact) mass is 400 g/mol. The van der Waals surface area contributed by atoms with Crippen LogP contribution in [0, 0.1) is 11.3 Å². The molecule has 2 N–H and O–H groups in total. The largest absolute Gasteiger partial charge is 0.497 e. The van der Waals surface area contributed by atoms with Crippen molar-refractivity contribution < 1.29 is 19.0 Å². The summed E-state index contributed by atoms with van der Waals surface area (Å²) >= 11 is 1.17. The highest BCUT2D eigenvalue weighted by Crippen LogP contribution is 2.47. The van der Waals surface area contributed by atoms with E-state index < -0.39 is 12.0 Å². The third-order valence-electron chi connectivity index (χ3n) is 4.40. The summed E-state index contributed by atoms with van der Waals surface area (Å²) in [5.74, 6) is 0.872. The molecule has 0 fully saturated rings. The number of nitriles is 1. The molecule has 0 bridgehead atoms. The number of fused-ring (bicyclic) bond motifs is 1. The van der Waals surface area contributed by atoms with Crippen molar-refractivity contribution in [2.45, 2.75) is 19.9 Å². The average molecular weight is 400 g/mol. The second-order valence-electron chi connectivity index (χ2n) is 5.92. The van der Waals surface area contributed by atoms with Gasteiger partial charge in [-0.3, -0.25) is 4.90 Å². The minimum absolute atomic E-state index is 0.220. The summed E-state index contributed by atoms with van der Waals surface area (Å²) in [6.45, 7) is 3.69. The van der Waals surface area contributed by atoms with Crippen LogP contribution in [0.2, 0.25) is 0 Å². The molecule has 28 heavy (non-hydrogen) atoms. The Hall–Kier alpha value is -3.12. The average Bonchev–Trinajstić information content (AvgIpc) is 3.01. The van der Waals surface area contributed by atoms with Gasteiger partial charge in [-0.2, -0.15) is 5.26 Å². The molecule has 2 heterocycles. The van der Waals surface area contributed by atoms with Gasteiger partial charge in [-0.05, 0) is 43.8 Å². The fourth-order valence-electron chi connectivity index (χ4n) is 3.16. The van der Waals surface area contributed by atoms with E-state index in [2.05, 4.69) is 11.1 Å². The fourth-order valence-corrected chi connectivity index (χ4v) is 4.07. The Morgan fingerprint density at radius 1 is 1.39 bits per heavy atom. The summed E-state index contributed by atoms with van der Waals surface area (Å²) in [7, 11) is 3.10. The lowest BCUT2D eigenvalue weighted by molar-refractivity contribution is -0.139. The number of esters is 1. The zero-order valence-corrected chi connectivity index (χ0v) is 16.8. The number of carbonyl (C=O) groups excluding carboxylic acids is 1. The molecule has 0 radical (unpaired) electrons. The summed E-state index contributed by atoms with van der Waals surface area (Å²) in [4.78, 5) is 19.3. The number of nitrogens with zero attached hydrogens (tertiary/aromatic N) is 3. The molecule has 1 aromatic carbocycles. The van der Waals surface area contributed by atoms with E-state index in [1.165, 1.54) is 11.8 Å². The zero-order chi connectivity index (χ0) is 20.4. The fraction of sp³-hybridized carbons (Fsp3) is 0.316. The van der Waals surface area contributed by atoms with Crippen molar-refractivity contribution in [3.63, 3.8) is 0 Å². The molecule has 0 unspecified atom stereocenters. The van der Waals surface area contributed by atoms with Crippen LogP contribution < -0.4 is 15.2 Å². The number of carbonyl (C=O) groups is 1. The van der Waals surface area contributed by atoms with E-state index in [0.29, 0.717) is 38.4 Å². The van der Waals surface area contributed by atoms with E-state index in [9.17, 15) is 10.1 Å². The van der Waals surface area contributed by atoms with E-state index in [0.717, 1.165) is 0 Å². The Balaban J connectivity index is 2.27. The molecule has 0 amide bonds. The van der Waals surface area contributed by atoms with Gasteiger partial charge in [-0.1, -0.05) is 0 Å². The molecule has 3 rings (SSSR count). The summed E-state index contributed by atoms with van der Waals surface area (Å²) in [5, 5.41) is 9.93. The molecule has 0 aromatic heterocycles. The van der Waals surface area contributed by atoms with E-state index in [1.54, 1.807) is 51.2 Å². The maximum atomic E-state index is 12.8. The quantitative estimate of drug-likeness (QED) is 0.751. The minimum atomic E-state index is -0.671. The van der Waals surface area contributed by atoms with Gasteiger partial charge >= 0.3 is 5.97 Å². The Labute approximate surface area is 167 Å². The first kappa shape index (κ1) is 19.6. The molecular weight excluding hydrogens is 380 g/mol. The Bertz CT molecular complexity index is 961. The van der Waals surface area contributed by atoms with Gasteiger partial charge < -0.3 is 19.9 Å². The highest BCUT2D eigenvalue weighted by Gasteiger charge is 2.43. The number of amidine groups is 1. The van der Waals surface area contributed by atoms with Crippen molar-refractivity contribution in [1.29, 1.82) is 5.26 Å². The summed E-state index contributed by atoms with van der Waals surface area (Å²) < 4.78 is 16.2. The van der Waals surface area contributed by atoms with Gasteiger partial charge in [0.1, 0.15) is 34.3 Å². The predicted molar refractivity (Wildman–Crippen MR) is 105 cm³/mol. The molecular formula is C19H20N4O4S. The Morgan fingerprint density at radius 3 is 2.75 bits per heavy atom. The molecule has 146 valence electrons. The van der Waals surface area contributed by atoms with Crippen LogP contribution in [0.3, 0.4) is 0 Å². The van der Waals surface area contributed by atoms with Crippen LogP contribution >= 0.6 is 11.8 Å². The number of hydrogen-bond donors (Lipinski definition) is 1.